The number of carbonyl (C=O) groups excluding carboxylic acids is 1. The fraction of sp³-hybridized carbons (Fsp3) is 0.0800. The summed E-state index contributed by atoms with van der Waals surface area (Å²) >= 11 is 6.10. The van der Waals surface area contributed by atoms with Gasteiger partial charge in [0.2, 0.25) is 5.95 Å². The molecule has 1 aliphatic heterocycles. The maximum Gasteiger partial charge on any atom is 0.258 e. The minimum atomic E-state index is -0.306. The van der Waals surface area contributed by atoms with Gasteiger partial charge in [-0.3, -0.25) is 10.1 Å². The highest BCUT2D eigenvalue weighted by Gasteiger charge is 2.26. The van der Waals surface area contributed by atoms with Crippen LogP contribution < -0.4 is 15.4 Å². The third-order valence-corrected chi connectivity index (χ3v) is 5.59. The van der Waals surface area contributed by atoms with Gasteiger partial charge in [-0.2, -0.15) is 4.98 Å². The van der Waals surface area contributed by atoms with Crippen molar-refractivity contribution in [3.8, 4) is 5.75 Å². The van der Waals surface area contributed by atoms with Gasteiger partial charge in [0.1, 0.15) is 11.8 Å². The zero-order chi connectivity index (χ0) is 22.8. The molecule has 0 saturated heterocycles. The van der Waals surface area contributed by atoms with Crippen LogP contribution in [-0.4, -0.2) is 27.8 Å². The first-order valence-corrected chi connectivity index (χ1v) is 10.7. The number of fused-ring (bicyclic) bond motifs is 1. The van der Waals surface area contributed by atoms with Gasteiger partial charge in [-0.05, 0) is 53.6 Å². The number of amides is 1. The summed E-state index contributed by atoms with van der Waals surface area (Å²) in [4.78, 5) is 17.2. The van der Waals surface area contributed by atoms with Crippen molar-refractivity contribution in [2.24, 2.45) is 0 Å². The lowest BCUT2D eigenvalue weighted by molar-refractivity contribution is 0.102. The highest BCUT2D eigenvalue weighted by atomic mass is 35.5. The Hall–Kier alpha value is -4.10. The van der Waals surface area contributed by atoms with Gasteiger partial charge in [0.15, 0.2) is 0 Å². The fourth-order valence-corrected chi connectivity index (χ4v) is 3.77. The number of methoxy groups -OCH3 is 1. The number of anilines is 2. The molecule has 2 N–H and O–H groups in total. The summed E-state index contributed by atoms with van der Waals surface area (Å²) in [5, 5.41) is 11.3. The Bertz CT molecular complexity index is 1320. The Labute approximate surface area is 195 Å². The van der Waals surface area contributed by atoms with Crippen LogP contribution in [0.2, 0.25) is 5.02 Å². The molecule has 3 aromatic carbocycles. The van der Waals surface area contributed by atoms with E-state index in [0.717, 1.165) is 16.8 Å². The average Bonchev–Trinajstić information content (AvgIpc) is 3.27. The molecule has 0 aliphatic carbocycles. The van der Waals surface area contributed by atoms with E-state index in [4.69, 9.17) is 16.3 Å². The molecule has 1 aromatic heterocycles. The van der Waals surface area contributed by atoms with Crippen LogP contribution in [0.15, 0.2) is 84.9 Å². The molecule has 8 heteroatoms. The minimum absolute atomic E-state index is 0.208. The quantitative estimate of drug-likeness (QED) is 0.428. The van der Waals surface area contributed by atoms with Crippen molar-refractivity contribution >= 4 is 35.1 Å². The second-order valence-electron chi connectivity index (χ2n) is 7.45. The first-order chi connectivity index (χ1) is 16.1. The van der Waals surface area contributed by atoms with Gasteiger partial charge in [0.25, 0.3) is 11.9 Å². The molecule has 0 fully saturated rings. The van der Waals surface area contributed by atoms with Crippen molar-refractivity contribution in [3.05, 3.63) is 107 Å². The normalized spacial score (nSPS) is 14.6. The molecule has 1 aliphatic rings. The number of hydrogen-bond donors (Lipinski definition) is 2. The maximum absolute atomic E-state index is 12.7. The van der Waals surface area contributed by atoms with Crippen molar-refractivity contribution in [2.45, 2.75) is 6.04 Å². The number of halogens is 1. The summed E-state index contributed by atoms with van der Waals surface area (Å²) < 4.78 is 6.90. The van der Waals surface area contributed by atoms with Gasteiger partial charge in [-0.25, -0.2) is 4.68 Å². The first-order valence-electron chi connectivity index (χ1n) is 10.3. The van der Waals surface area contributed by atoms with Crippen LogP contribution in [0.1, 0.15) is 27.5 Å². The first kappa shape index (κ1) is 20.8. The van der Waals surface area contributed by atoms with Gasteiger partial charge in [-0.1, -0.05) is 54.1 Å². The zero-order valence-corrected chi connectivity index (χ0v) is 18.5. The standard InChI is InChI=1S/C25H20ClN5O2/c1-33-20-13-9-18(10-14-20)23(32)28-24-29-25-27-21(16-5-3-2-4-6-16)15-22(31(25)30-24)17-7-11-19(26)12-8-17/h2-15,22H,1H3,(H2,27,28,29,30,32). The number of benzene rings is 3. The van der Waals surface area contributed by atoms with Crippen LogP contribution in [0.3, 0.4) is 0 Å². The molecule has 7 nitrogen and oxygen atoms in total. The second-order valence-corrected chi connectivity index (χ2v) is 7.89. The fourth-order valence-electron chi connectivity index (χ4n) is 3.65. The molecule has 0 radical (unpaired) electrons. The van der Waals surface area contributed by atoms with E-state index in [0.29, 0.717) is 22.3 Å². The van der Waals surface area contributed by atoms with Gasteiger partial charge < -0.3 is 10.1 Å². The highest BCUT2D eigenvalue weighted by molar-refractivity contribution is 6.30. The van der Waals surface area contributed by atoms with E-state index >= 15 is 0 Å². The van der Waals surface area contributed by atoms with E-state index in [1.54, 1.807) is 36.1 Å². The average molecular weight is 458 g/mol. The predicted octanol–water partition coefficient (Wildman–Crippen LogP) is 5.25. The molecule has 0 saturated carbocycles. The van der Waals surface area contributed by atoms with Crippen molar-refractivity contribution in [2.75, 3.05) is 17.7 Å². The lowest BCUT2D eigenvalue weighted by atomic mass is 10.0. The lowest BCUT2D eigenvalue weighted by Crippen LogP contribution is -2.20. The monoisotopic (exact) mass is 457 g/mol. The maximum atomic E-state index is 12.7. The van der Waals surface area contributed by atoms with Crippen LogP contribution in [0, 0.1) is 0 Å². The van der Waals surface area contributed by atoms with Crippen LogP contribution in [0.4, 0.5) is 11.9 Å². The Morgan fingerprint density at radius 1 is 1.03 bits per heavy atom. The number of ether oxygens (including phenoxy) is 1. The van der Waals surface area contributed by atoms with E-state index in [2.05, 4.69) is 26.8 Å². The molecule has 4 aromatic rings. The summed E-state index contributed by atoms with van der Waals surface area (Å²) in [6.07, 6.45) is 2.08. The van der Waals surface area contributed by atoms with E-state index in [9.17, 15) is 4.79 Å². The van der Waals surface area contributed by atoms with Gasteiger partial charge in [0, 0.05) is 16.3 Å². The molecule has 5 rings (SSSR count). The molecular formula is C25H20ClN5O2. The smallest absolute Gasteiger partial charge is 0.258 e. The third kappa shape index (κ3) is 4.31. The van der Waals surface area contributed by atoms with Crippen LogP contribution in [0.5, 0.6) is 5.75 Å². The van der Waals surface area contributed by atoms with Crippen molar-refractivity contribution in [1.82, 2.24) is 14.8 Å². The van der Waals surface area contributed by atoms with Crippen molar-refractivity contribution in [1.29, 1.82) is 0 Å². The van der Waals surface area contributed by atoms with Crippen molar-refractivity contribution in [3.63, 3.8) is 0 Å². The van der Waals surface area contributed by atoms with Gasteiger partial charge in [-0.15, -0.1) is 5.10 Å². The summed E-state index contributed by atoms with van der Waals surface area (Å²) in [6, 6.07) is 24.2. The van der Waals surface area contributed by atoms with Gasteiger partial charge >= 0.3 is 0 Å². The van der Waals surface area contributed by atoms with E-state index < -0.39 is 0 Å². The summed E-state index contributed by atoms with van der Waals surface area (Å²) in [7, 11) is 1.58. The molecule has 0 spiro atoms. The highest BCUT2D eigenvalue weighted by Crippen LogP contribution is 2.33. The molecule has 1 unspecified atom stereocenters. The summed E-state index contributed by atoms with van der Waals surface area (Å²) in [6.45, 7) is 0. The number of carbonyl (C=O) groups is 1. The number of aromatic nitrogens is 3. The van der Waals surface area contributed by atoms with Crippen LogP contribution in [-0.2, 0) is 0 Å². The van der Waals surface area contributed by atoms with Crippen LogP contribution >= 0.6 is 11.6 Å². The number of nitrogens with one attached hydrogen (secondary N) is 2. The molecule has 1 amide bonds. The number of allylic oxidation sites excluding steroid dienone is 1. The third-order valence-electron chi connectivity index (χ3n) is 5.34. The molecule has 1 atom stereocenters. The molecule has 164 valence electrons. The minimum Gasteiger partial charge on any atom is -0.497 e. The number of rotatable bonds is 5. The lowest BCUT2D eigenvalue weighted by Gasteiger charge is -2.24. The van der Waals surface area contributed by atoms with E-state index in [-0.39, 0.29) is 17.9 Å². The predicted molar refractivity (Wildman–Crippen MR) is 129 cm³/mol. The van der Waals surface area contributed by atoms with E-state index in [1.165, 1.54) is 0 Å². The number of hydrogen-bond acceptors (Lipinski definition) is 5. The van der Waals surface area contributed by atoms with Crippen LogP contribution in [0.25, 0.3) is 5.70 Å². The second kappa shape index (κ2) is 8.80. The topological polar surface area (TPSA) is 81.1 Å². The zero-order valence-electron chi connectivity index (χ0n) is 17.7. The SMILES string of the molecule is COc1ccc(C(=O)Nc2nc3n(n2)C(c2ccc(Cl)cc2)C=C(c2ccccc2)N3)cc1. The van der Waals surface area contributed by atoms with Gasteiger partial charge in [0.05, 0.1) is 7.11 Å². The Morgan fingerprint density at radius 2 is 1.76 bits per heavy atom. The Morgan fingerprint density at radius 3 is 2.45 bits per heavy atom. The van der Waals surface area contributed by atoms with Crippen molar-refractivity contribution < 1.29 is 9.53 Å². The number of nitrogens with zero attached hydrogens (tertiary/aromatic N) is 3. The van der Waals surface area contributed by atoms with E-state index in [1.807, 2.05) is 54.6 Å². The largest absolute Gasteiger partial charge is 0.497 e. The molecule has 2 heterocycles. The summed E-state index contributed by atoms with van der Waals surface area (Å²) in [5.41, 5.74) is 3.40. The molecular weight excluding hydrogens is 438 g/mol. The molecule has 33 heavy (non-hydrogen) atoms. The Balaban J connectivity index is 1.47. The molecule has 0 bridgehead atoms. The summed E-state index contributed by atoms with van der Waals surface area (Å²) in [5.74, 6) is 1.11. The Kier molecular flexibility index (Phi) is 5.54.